The lowest BCUT2D eigenvalue weighted by Gasteiger charge is -2.28. The first kappa shape index (κ1) is 10.3. The molecule has 0 radical (unpaired) electrons. The van der Waals surface area contributed by atoms with E-state index >= 15 is 0 Å². The van der Waals surface area contributed by atoms with E-state index in [0.717, 1.165) is 5.56 Å². The highest BCUT2D eigenvalue weighted by Gasteiger charge is 2.28. The number of benzene rings is 1. The number of hydrogen-bond donors (Lipinski definition) is 0. The first-order valence-electron chi connectivity index (χ1n) is 5.04. The molecule has 2 atom stereocenters. The molecule has 1 heterocycles. The molecule has 1 saturated heterocycles. The summed E-state index contributed by atoms with van der Waals surface area (Å²) in [6.45, 7) is 0. The van der Waals surface area contributed by atoms with Crippen molar-refractivity contribution in [2.75, 3.05) is 7.11 Å². The maximum Gasteiger partial charge on any atom is 0.164 e. The van der Waals surface area contributed by atoms with E-state index in [1.54, 1.807) is 7.11 Å². The predicted octanol–water partition coefficient (Wildman–Crippen LogP) is 2.08. The van der Waals surface area contributed by atoms with Gasteiger partial charge in [0.1, 0.15) is 5.78 Å². The van der Waals surface area contributed by atoms with E-state index < -0.39 is 6.29 Å². The Morgan fingerprint density at radius 3 is 2.67 bits per heavy atom. The van der Waals surface area contributed by atoms with Gasteiger partial charge in [0, 0.05) is 13.5 Å². The third-order valence-electron chi connectivity index (χ3n) is 2.56. The van der Waals surface area contributed by atoms with Gasteiger partial charge in [0.25, 0.3) is 0 Å². The van der Waals surface area contributed by atoms with E-state index in [1.165, 1.54) is 0 Å². The van der Waals surface area contributed by atoms with E-state index in [9.17, 15) is 4.79 Å². The Morgan fingerprint density at radius 2 is 2.00 bits per heavy atom. The summed E-state index contributed by atoms with van der Waals surface area (Å²) < 4.78 is 10.7. The highest BCUT2D eigenvalue weighted by molar-refractivity contribution is 5.80. The van der Waals surface area contributed by atoms with Crippen LogP contribution in [0, 0.1) is 0 Å². The van der Waals surface area contributed by atoms with Crippen molar-refractivity contribution in [1.29, 1.82) is 0 Å². The van der Waals surface area contributed by atoms with E-state index in [-0.39, 0.29) is 11.9 Å². The second kappa shape index (κ2) is 4.55. The highest BCUT2D eigenvalue weighted by atomic mass is 16.7. The number of carbonyl (C=O) groups excluding carboxylic acids is 1. The zero-order chi connectivity index (χ0) is 10.7. The molecular formula is C12H14O3. The molecule has 0 spiro atoms. The molecule has 1 aliphatic heterocycles. The number of ether oxygens (including phenoxy) is 2. The Bertz CT molecular complexity index is 334. The Labute approximate surface area is 89.0 Å². The van der Waals surface area contributed by atoms with Crippen LogP contribution in [0.2, 0.25) is 0 Å². The van der Waals surface area contributed by atoms with Gasteiger partial charge in [0.05, 0.1) is 12.5 Å². The van der Waals surface area contributed by atoms with Crippen molar-refractivity contribution in [3.63, 3.8) is 0 Å². The summed E-state index contributed by atoms with van der Waals surface area (Å²) in [5.74, 6) is 0.196. The molecule has 0 bridgehead atoms. The van der Waals surface area contributed by atoms with Crippen molar-refractivity contribution in [2.24, 2.45) is 0 Å². The van der Waals surface area contributed by atoms with Crippen LogP contribution in [-0.4, -0.2) is 19.2 Å². The zero-order valence-corrected chi connectivity index (χ0v) is 8.68. The number of Topliss-reactive ketones (excluding diaryl/α,β-unsaturated/α-hetero) is 1. The summed E-state index contributed by atoms with van der Waals surface area (Å²) in [4.78, 5) is 11.5. The quantitative estimate of drug-likeness (QED) is 0.743. The zero-order valence-electron chi connectivity index (χ0n) is 8.68. The van der Waals surface area contributed by atoms with Crippen molar-refractivity contribution < 1.29 is 14.3 Å². The molecule has 0 amide bonds. The molecule has 0 unspecified atom stereocenters. The maximum atomic E-state index is 11.5. The molecule has 2 rings (SSSR count). The molecule has 3 heteroatoms. The van der Waals surface area contributed by atoms with Crippen LogP contribution in [0.25, 0.3) is 0 Å². The van der Waals surface area contributed by atoms with Gasteiger partial charge in [-0.1, -0.05) is 30.3 Å². The molecule has 0 saturated carbocycles. The average Bonchev–Trinajstić information content (AvgIpc) is 2.29. The van der Waals surface area contributed by atoms with Crippen LogP contribution in [0.3, 0.4) is 0 Å². The molecule has 1 aromatic carbocycles. The van der Waals surface area contributed by atoms with E-state index in [0.29, 0.717) is 12.8 Å². The lowest BCUT2D eigenvalue weighted by atomic mass is 10.00. The lowest BCUT2D eigenvalue weighted by molar-refractivity contribution is -0.185. The molecule has 1 aromatic rings. The third kappa shape index (κ3) is 2.43. The van der Waals surface area contributed by atoms with Crippen LogP contribution in [-0.2, 0) is 14.3 Å². The van der Waals surface area contributed by atoms with Crippen LogP contribution in [0.4, 0.5) is 0 Å². The number of carbonyl (C=O) groups is 1. The van der Waals surface area contributed by atoms with E-state index in [2.05, 4.69) is 0 Å². The van der Waals surface area contributed by atoms with Gasteiger partial charge in [0.15, 0.2) is 6.29 Å². The van der Waals surface area contributed by atoms with Gasteiger partial charge in [-0.2, -0.15) is 0 Å². The number of ketones is 1. The summed E-state index contributed by atoms with van der Waals surface area (Å²) >= 11 is 0. The van der Waals surface area contributed by atoms with Gasteiger partial charge in [-0.25, -0.2) is 0 Å². The molecular weight excluding hydrogens is 192 g/mol. The molecule has 1 aliphatic rings. The highest BCUT2D eigenvalue weighted by Crippen LogP contribution is 2.29. The summed E-state index contributed by atoms with van der Waals surface area (Å²) in [6, 6.07) is 9.77. The van der Waals surface area contributed by atoms with Crippen LogP contribution in [0.15, 0.2) is 30.3 Å². The Morgan fingerprint density at radius 1 is 1.27 bits per heavy atom. The first-order valence-corrected chi connectivity index (χ1v) is 5.04. The summed E-state index contributed by atoms with van der Waals surface area (Å²) in [6.07, 6.45) is 0.262. The summed E-state index contributed by atoms with van der Waals surface area (Å²) in [5.41, 5.74) is 1.03. The molecule has 1 fully saturated rings. The van der Waals surface area contributed by atoms with Crippen molar-refractivity contribution in [2.45, 2.75) is 25.2 Å². The maximum absolute atomic E-state index is 11.5. The third-order valence-corrected chi connectivity index (χ3v) is 2.56. The lowest BCUT2D eigenvalue weighted by Crippen LogP contribution is -2.29. The fourth-order valence-electron chi connectivity index (χ4n) is 1.76. The van der Waals surface area contributed by atoms with Crippen LogP contribution in [0.5, 0.6) is 0 Å². The Kier molecular flexibility index (Phi) is 3.14. The molecule has 0 N–H and O–H groups in total. The van der Waals surface area contributed by atoms with E-state index in [1.807, 2.05) is 30.3 Å². The molecule has 0 aliphatic carbocycles. The monoisotopic (exact) mass is 206 g/mol. The smallest absolute Gasteiger partial charge is 0.164 e. The van der Waals surface area contributed by atoms with Gasteiger partial charge in [-0.15, -0.1) is 0 Å². The fraction of sp³-hybridized carbons (Fsp3) is 0.417. The van der Waals surface area contributed by atoms with E-state index in [4.69, 9.17) is 9.47 Å². The fourth-order valence-corrected chi connectivity index (χ4v) is 1.76. The van der Waals surface area contributed by atoms with Crippen LogP contribution < -0.4 is 0 Å². The molecule has 3 nitrogen and oxygen atoms in total. The number of hydrogen-bond acceptors (Lipinski definition) is 3. The largest absolute Gasteiger partial charge is 0.355 e. The first-order chi connectivity index (χ1) is 7.29. The second-order valence-electron chi connectivity index (χ2n) is 3.65. The summed E-state index contributed by atoms with van der Waals surface area (Å²) in [5, 5.41) is 0. The molecule has 0 aromatic heterocycles. The Hall–Kier alpha value is -1.19. The van der Waals surface area contributed by atoms with Gasteiger partial charge < -0.3 is 9.47 Å². The standard InChI is InChI=1S/C12H14O3/c1-14-12-8-10(13)7-11(15-12)9-5-3-2-4-6-9/h2-6,11-12H,7-8H2,1H3/t11-,12+/m0/s1. The van der Waals surface area contributed by atoms with Crippen molar-refractivity contribution in [3.05, 3.63) is 35.9 Å². The van der Waals surface area contributed by atoms with Gasteiger partial charge in [0.2, 0.25) is 0 Å². The minimum absolute atomic E-state index is 0.155. The Balaban J connectivity index is 2.12. The average molecular weight is 206 g/mol. The second-order valence-corrected chi connectivity index (χ2v) is 3.65. The topological polar surface area (TPSA) is 35.5 Å². The minimum Gasteiger partial charge on any atom is -0.355 e. The van der Waals surface area contributed by atoms with Crippen LogP contribution >= 0.6 is 0 Å². The van der Waals surface area contributed by atoms with Crippen molar-refractivity contribution in [3.8, 4) is 0 Å². The summed E-state index contributed by atoms with van der Waals surface area (Å²) in [7, 11) is 1.56. The number of methoxy groups -OCH3 is 1. The SMILES string of the molecule is CO[C@H]1CC(=O)C[C@@H](c2ccccc2)O1. The van der Waals surface area contributed by atoms with Gasteiger partial charge >= 0.3 is 0 Å². The normalized spacial score (nSPS) is 26.6. The minimum atomic E-state index is -0.392. The molecule has 15 heavy (non-hydrogen) atoms. The van der Waals surface area contributed by atoms with Crippen molar-refractivity contribution >= 4 is 5.78 Å². The number of rotatable bonds is 2. The van der Waals surface area contributed by atoms with Gasteiger partial charge in [-0.3, -0.25) is 4.79 Å². The van der Waals surface area contributed by atoms with Gasteiger partial charge in [-0.05, 0) is 5.56 Å². The predicted molar refractivity (Wildman–Crippen MR) is 55.3 cm³/mol. The van der Waals surface area contributed by atoms with Crippen LogP contribution in [0.1, 0.15) is 24.5 Å². The molecule has 80 valence electrons. The van der Waals surface area contributed by atoms with Crippen molar-refractivity contribution in [1.82, 2.24) is 0 Å².